The highest BCUT2D eigenvalue weighted by Gasteiger charge is 2.27. The number of carbonyl (C=O) groups is 3. The first-order valence-corrected chi connectivity index (χ1v) is 11.4. The third-order valence-corrected chi connectivity index (χ3v) is 6.93. The Labute approximate surface area is 183 Å². The maximum atomic E-state index is 12.6. The van der Waals surface area contributed by atoms with Crippen LogP contribution in [0.1, 0.15) is 40.1 Å². The first kappa shape index (κ1) is 22.2. The van der Waals surface area contributed by atoms with Crippen LogP contribution in [0.3, 0.4) is 0 Å². The van der Waals surface area contributed by atoms with E-state index in [0.29, 0.717) is 22.7 Å². The van der Waals surface area contributed by atoms with Crippen molar-refractivity contribution in [1.82, 2.24) is 5.32 Å². The molecule has 0 atom stereocenters. The molecule has 7 nitrogen and oxygen atoms in total. The van der Waals surface area contributed by atoms with Crippen molar-refractivity contribution in [1.29, 1.82) is 0 Å². The molecule has 0 aliphatic heterocycles. The fourth-order valence-electron chi connectivity index (χ4n) is 3.22. The molecular formula is C21H24N2O5S2. The molecule has 1 heterocycles. The van der Waals surface area contributed by atoms with Crippen LogP contribution in [-0.4, -0.2) is 37.9 Å². The normalized spacial score (nSPS) is 12.6. The number of ether oxygens (including phenoxy) is 2. The molecule has 0 radical (unpaired) electrons. The molecule has 1 aliphatic carbocycles. The van der Waals surface area contributed by atoms with Gasteiger partial charge in [0.05, 0.1) is 19.8 Å². The van der Waals surface area contributed by atoms with Crippen LogP contribution in [0.4, 0.5) is 9.80 Å². The average Bonchev–Trinajstić information content (AvgIpc) is 3.11. The summed E-state index contributed by atoms with van der Waals surface area (Å²) in [7, 11) is 2.82. The van der Waals surface area contributed by atoms with Gasteiger partial charge in [-0.25, -0.2) is 4.79 Å². The molecule has 3 rings (SSSR count). The van der Waals surface area contributed by atoms with Crippen molar-refractivity contribution in [3.8, 4) is 5.75 Å². The van der Waals surface area contributed by atoms with Gasteiger partial charge in [0.2, 0.25) is 5.91 Å². The number of fused-ring (bicyclic) bond motifs is 1. The van der Waals surface area contributed by atoms with Gasteiger partial charge in [0.1, 0.15) is 10.8 Å². The van der Waals surface area contributed by atoms with Crippen molar-refractivity contribution in [2.75, 3.05) is 25.3 Å². The second kappa shape index (κ2) is 10.5. The molecule has 9 heteroatoms. The number of aryl methyl sites for hydroxylation is 1. The van der Waals surface area contributed by atoms with E-state index in [1.165, 1.54) is 18.4 Å². The zero-order valence-electron chi connectivity index (χ0n) is 16.9. The maximum Gasteiger partial charge on any atom is 0.413 e. The van der Waals surface area contributed by atoms with Gasteiger partial charge < -0.3 is 14.8 Å². The molecule has 1 aromatic heterocycles. The lowest BCUT2D eigenvalue weighted by atomic mass is 9.95. The number of methoxy groups -OCH3 is 2. The molecule has 2 N–H and O–H groups in total. The highest BCUT2D eigenvalue weighted by molar-refractivity contribution is 7.99. The molecule has 160 valence electrons. The first-order chi connectivity index (χ1) is 14.5. The number of thiophene rings is 1. The minimum atomic E-state index is -0.816. The molecule has 3 amide bonds. The predicted octanol–water partition coefficient (Wildman–Crippen LogP) is 4.25. The number of rotatable bonds is 7. The first-order valence-electron chi connectivity index (χ1n) is 9.62. The Hall–Kier alpha value is -2.52. The number of benzene rings is 1. The van der Waals surface area contributed by atoms with Crippen molar-refractivity contribution >= 4 is 46.0 Å². The Bertz CT molecular complexity index is 924. The van der Waals surface area contributed by atoms with Crippen LogP contribution in [0.2, 0.25) is 0 Å². The lowest BCUT2D eigenvalue weighted by Gasteiger charge is -2.12. The van der Waals surface area contributed by atoms with E-state index < -0.39 is 12.0 Å². The molecule has 0 fully saturated rings. The lowest BCUT2D eigenvalue weighted by molar-refractivity contribution is -0.115. The standard InChI is InChI=1S/C21H24N2O5S2/c1-27-13-7-9-14(10-8-13)29-12-11-17(24)22-20-18(19(25)23-21(26)28-2)15-5-3-4-6-16(15)30-20/h7-10H,3-6,11-12H2,1-2H3,(H,22,24)(H,23,25,26). The van der Waals surface area contributed by atoms with E-state index in [-0.39, 0.29) is 5.91 Å². The fourth-order valence-corrected chi connectivity index (χ4v) is 5.38. The number of hydrogen-bond donors (Lipinski definition) is 2. The predicted molar refractivity (Wildman–Crippen MR) is 118 cm³/mol. The molecule has 0 saturated carbocycles. The van der Waals surface area contributed by atoms with Crippen LogP contribution >= 0.6 is 23.1 Å². The molecule has 30 heavy (non-hydrogen) atoms. The van der Waals surface area contributed by atoms with Gasteiger partial charge in [-0.05, 0) is 55.5 Å². The SMILES string of the molecule is COC(=O)NC(=O)c1c(NC(=O)CCSc2ccc(OC)cc2)sc2c1CCCC2. The second-order valence-corrected chi connectivity index (χ2v) is 8.96. The highest BCUT2D eigenvalue weighted by atomic mass is 32.2. The molecule has 1 aliphatic rings. The quantitative estimate of drug-likeness (QED) is 0.615. The number of alkyl carbamates (subject to hydrolysis) is 1. The summed E-state index contributed by atoms with van der Waals surface area (Å²) in [5.74, 6) is 0.690. The number of nitrogens with one attached hydrogen (secondary N) is 2. The summed E-state index contributed by atoms with van der Waals surface area (Å²) < 4.78 is 9.67. The van der Waals surface area contributed by atoms with Gasteiger partial charge in [-0.2, -0.15) is 0 Å². The van der Waals surface area contributed by atoms with Crippen LogP contribution < -0.4 is 15.4 Å². The number of thioether (sulfide) groups is 1. The van der Waals surface area contributed by atoms with Crippen LogP contribution in [0.15, 0.2) is 29.2 Å². The van der Waals surface area contributed by atoms with Crippen LogP contribution in [-0.2, 0) is 22.4 Å². The molecular weight excluding hydrogens is 424 g/mol. The zero-order valence-corrected chi connectivity index (χ0v) is 18.5. The third-order valence-electron chi connectivity index (χ3n) is 4.71. The van der Waals surface area contributed by atoms with Gasteiger partial charge in [0.25, 0.3) is 5.91 Å². The summed E-state index contributed by atoms with van der Waals surface area (Å²) in [6, 6.07) is 7.66. The van der Waals surface area contributed by atoms with E-state index >= 15 is 0 Å². The smallest absolute Gasteiger partial charge is 0.413 e. The Kier molecular flexibility index (Phi) is 7.75. The molecule has 1 aromatic carbocycles. The van der Waals surface area contributed by atoms with Crippen molar-refractivity contribution in [2.24, 2.45) is 0 Å². The molecule has 0 unspecified atom stereocenters. The van der Waals surface area contributed by atoms with E-state index in [0.717, 1.165) is 46.8 Å². The number of carbonyl (C=O) groups excluding carboxylic acids is 3. The van der Waals surface area contributed by atoms with Crippen molar-refractivity contribution in [3.05, 3.63) is 40.3 Å². The van der Waals surface area contributed by atoms with E-state index in [2.05, 4.69) is 15.4 Å². The van der Waals surface area contributed by atoms with Gasteiger partial charge in [0.15, 0.2) is 0 Å². The van der Waals surface area contributed by atoms with Gasteiger partial charge in [0, 0.05) is 21.9 Å². The minimum absolute atomic E-state index is 0.165. The number of hydrogen-bond acceptors (Lipinski definition) is 7. The summed E-state index contributed by atoms with van der Waals surface area (Å²) in [6.45, 7) is 0. The Balaban J connectivity index is 1.64. The molecule has 0 bridgehead atoms. The third kappa shape index (κ3) is 5.54. The lowest BCUT2D eigenvalue weighted by Crippen LogP contribution is -2.31. The number of imide groups is 1. The van der Waals surface area contributed by atoms with Gasteiger partial charge in [-0.3, -0.25) is 14.9 Å². The van der Waals surface area contributed by atoms with Crippen molar-refractivity contribution < 1.29 is 23.9 Å². The fraction of sp³-hybridized carbons (Fsp3) is 0.381. The zero-order chi connectivity index (χ0) is 21.5. The number of amides is 3. The second-order valence-electron chi connectivity index (χ2n) is 6.68. The molecule has 0 saturated heterocycles. The highest BCUT2D eigenvalue weighted by Crippen LogP contribution is 2.38. The maximum absolute atomic E-state index is 12.6. The largest absolute Gasteiger partial charge is 0.497 e. The van der Waals surface area contributed by atoms with Gasteiger partial charge >= 0.3 is 6.09 Å². The van der Waals surface area contributed by atoms with E-state index in [9.17, 15) is 14.4 Å². The van der Waals surface area contributed by atoms with E-state index in [1.807, 2.05) is 24.3 Å². The number of anilines is 1. The van der Waals surface area contributed by atoms with E-state index in [1.54, 1.807) is 18.9 Å². The summed E-state index contributed by atoms with van der Waals surface area (Å²) in [5.41, 5.74) is 1.31. The summed E-state index contributed by atoms with van der Waals surface area (Å²) in [6.07, 6.45) is 3.16. The Morgan fingerprint density at radius 3 is 2.53 bits per heavy atom. The summed E-state index contributed by atoms with van der Waals surface area (Å²) in [4.78, 5) is 38.8. The molecule has 0 spiro atoms. The van der Waals surface area contributed by atoms with Crippen LogP contribution in [0.25, 0.3) is 0 Å². The van der Waals surface area contributed by atoms with Crippen LogP contribution in [0, 0.1) is 0 Å². The Morgan fingerprint density at radius 2 is 1.83 bits per heavy atom. The van der Waals surface area contributed by atoms with Crippen molar-refractivity contribution in [3.63, 3.8) is 0 Å². The summed E-state index contributed by atoms with van der Waals surface area (Å²) in [5, 5.41) is 5.59. The minimum Gasteiger partial charge on any atom is -0.497 e. The molecule has 2 aromatic rings. The van der Waals surface area contributed by atoms with Gasteiger partial charge in [-0.15, -0.1) is 23.1 Å². The topological polar surface area (TPSA) is 93.7 Å². The average molecular weight is 449 g/mol. The van der Waals surface area contributed by atoms with Crippen molar-refractivity contribution in [2.45, 2.75) is 37.0 Å². The van der Waals surface area contributed by atoms with E-state index in [4.69, 9.17) is 4.74 Å². The Morgan fingerprint density at radius 1 is 1.10 bits per heavy atom. The monoisotopic (exact) mass is 448 g/mol. The van der Waals surface area contributed by atoms with Crippen LogP contribution in [0.5, 0.6) is 5.75 Å². The summed E-state index contributed by atoms with van der Waals surface area (Å²) >= 11 is 3.00. The van der Waals surface area contributed by atoms with Gasteiger partial charge in [-0.1, -0.05) is 0 Å².